The number of aliphatic hydroxyl groups excluding tert-OH is 1. The lowest BCUT2D eigenvalue weighted by atomic mass is 10.2. The first-order valence-electron chi connectivity index (χ1n) is 8.08. The van der Waals surface area contributed by atoms with Crippen molar-refractivity contribution in [3.63, 3.8) is 0 Å². The summed E-state index contributed by atoms with van der Waals surface area (Å²) in [6.07, 6.45) is 0.267. The van der Waals surface area contributed by atoms with Gasteiger partial charge in [0.25, 0.3) is 0 Å². The zero-order valence-corrected chi connectivity index (χ0v) is 14.4. The van der Waals surface area contributed by atoms with Gasteiger partial charge in [0.2, 0.25) is 5.91 Å². The number of amides is 3. The number of benzene rings is 1. The Balaban J connectivity index is 1.99. The maximum Gasteiger partial charge on any atom is 0.318 e. The van der Waals surface area contributed by atoms with Crippen LogP contribution in [0.4, 0.5) is 10.5 Å². The summed E-state index contributed by atoms with van der Waals surface area (Å²) in [6.45, 7) is 4.39. The van der Waals surface area contributed by atoms with E-state index in [1.165, 1.54) is 0 Å². The molecule has 0 aromatic heterocycles. The summed E-state index contributed by atoms with van der Waals surface area (Å²) < 4.78 is 5.12. The average molecular weight is 335 g/mol. The Morgan fingerprint density at radius 2 is 2.08 bits per heavy atom. The zero-order chi connectivity index (χ0) is 17.7. The first-order valence-corrected chi connectivity index (χ1v) is 8.08. The topological polar surface area (TPSA) is 82.1 Å². The summed E-state index contributed by atoms with van der Waals surface area (Å²) in [4.78, 5) is 27.8. The third-order valence-electron chi connectivity index (χ3n) is 4.06. The molecule has 1 aliphatic rings. The summed E-state index contributed by atoms with van der Waals surface area (Å²) in [5.41, 5.74) is 0.786. The van der Waals surface area contributed by atoms with Gasteiger partial charge in [-0.1, -0.05) is 0 Å². The van der Waals surface area contributed by atoms with Crippen LogP contribution < -0.4 is 15.0 Å². The van der Waals surface area contributed by atoms with E-state index in [0.717, 1.165) is 11.4 Å². The van der Waals surface area contributed by atoms with Crippen LogP contribution in [0.25, 0.3) is 0 Å². The van der Waals surface area contributed by atoms with Gasteiger partial charge in [0, 0.05) is 31.2 Å². The molecule has 7 heteroatoms. The molecule has 132 valence electrons. The van der Waals surface area contributed by atoms with Crippen molar-refractivity contribution in [2.45, 2.75) is 32.4 Å². The lowest BCUT2D eigenvalue weighted by Gasteiger charge is -2.27. The van der Waals surface area contributed by atoms with Crippen LogP contribution in [0.5, 0.6) is 5.75 Å². The number of carbonyl (C=O) groups excluding carboxylic acids is 2. The number of nitrogens with zero attached hydrogens (tertiary/aromatic N) is 2. The Morgan fingerprint density at radius 1 is 1.42 bits per heavy atom. The van der Waals surface area contributed by atoms with E-state index >= 15 is 0 Å². The summed E-state index contributed by atoms with van der Waals surface area (Å²) in [6, 6.07) is 6.74. The van der Waals surface area contributed by atoms with Crippen molar-refractivity contribution in [1.82, 2.24) is 10.2 Å². The van der Waals surface area contributed by atoms with Gasteiger partial charge < -0.3 is 25.0 Å². The molecule has 1 aromatic carbocycles. The number of methoxy groups -OCH3 is 1. The SMILES string of the molecule is COc1ccc(N2C[C@@H](NC(=O)N(CCO)C(C)C)CC2=O)cc1. The number of hydrogen-bond donors (Lipinski definition) is 2. The largest absolute Gasteiger partial charge is 0.497 e. The number of aliphatic hydroxyl groups is 1. The van der Waals surface area contributed by atoms with Crippen LogP contribution in [-0.2, 0) is 4.79 Å². The predicted octanol–water partition coefficient (Wildman–Crippen LogP) is 1.21. The maximum absolute atomic E-state index is 12.3. The number of anilines is 1. The highest BCUT2D eigenvalue weighted by Crippen LogP contribution is 2.24. The van der Waals surface area contributed by atoms with Crippen LogP contribution in [-0.4, -0.2) is 60.8 Å². The number of rotatable bonds is 6. The molecule has 2 N–H and O–H groups in total. The van der Waals surface area contributed by atoms with E-state index < -0.39 is 0 Å². The van der Waals surface area contributed by atoms with Crippen molar-refractivity contribution in [3.05, 3.63) is 24.3 Å². The molecule has 1 atom stereocenters. The van der Waals surface area contributed by atoms with Crippen LogP contribution in [0.2, 0.25) is 0 Å². The predicted molar refractivity (Wildman–Crippen MR) is 91.2 cm³/mol. The first-order chi connectivity index (χ1) is 11.5. The van der Waals surface area contributed by atoms with Gasteiger partial charge in [-0.05, 0) is 38.1 Å². The third kappa shape index (κ3) is 4.17. The summed E-state index contributed by atoms with van der Waals surface area (Å²) in [7, 11) is 1.59. The van der Waals surface area contributed by atoms with Crippen LogP contribution in [0.1, 0.15) is 20.3 Å². The quantitative estimate of drug-likeness (QED) is 0.819. The highest BCUT2D eigenvalue weighted by Gasteiger charge is 2.32. The molecule has 1 fully saturated rings. The Kier molecular flexibility index (Phi) is 6.03. The van der Waals surface area contributed by atoms with Crippen LogP contribution in [0.3, 0.4) is 0 Å². The van der Waals surface area contributed by atoms with E-state index in [9.17, 15) is 9.59 Å². The fraction of sp³-hybridized carbons (Fsp3) is 0.529. The van der Waals surface area contributed by atoms with Crippen LogP contribution in [0, 0.1) is 0 Å². The lowest BCUT2D eigenvalue weighted by molar-refractivity contribution is -0.117. The molecule has 0 aliphatic carbocycles. The van der Waals surface area contributed by atoms with Crippen molar-refractivity contribution in [2.75, 3.05) is 31.7 Å². The van der Waals surface area contributed by atoms with E-state index in [2.05, 4.69) is 5.32 Å². The molecule has 24 heavy (non-hydrogen) atoms. The number of urea groups is 1. The van der Waals surface area contributed by atoms with Gasteiger partial charge >= 0.3 is 6.03 Å². The Hall–Kier alpha value is -2.28. The van der Waals surface area contributed by atoms with Crippen molar-refractivity contribution in [2.24, 2.45) is 0 Å². The van der Waals surface area contributed by atoms with Crippen molar-refractivity contribution in [1.29, 1.82) is 0 Å². The first kappa shape index (κ1) is 18.1. The summed E-state index contributed by atoms with van der Waals surface area (Å²) >= 11 is 0. The molecule has 0 bridgehead atoms. The van der Waals surface area contributed by atoms with Crippen LogP contribution >= 0.6 is 0 Å². The third-order valence-corrected chi connectivity index (χ3v) is 4.06. The number of nitrogens with one attached hydrogen (secondary N) is 1. The zero-order valence-electron chi connectivity index (χ0n) is 14.4. The van der Waals surface area contributed by atoms with E-state index in [1.54, 1.807) is 29.0 Å². The van der Waals surface area contributed by atoms with Gasteiger partial charge in [0.1, 0.15) is 5.75 Å². The molecular formula is C17H25N3O4. The minimum absolute atomic E-state index is 0.0213. The van der Waals surface area contributed by atoms with E-state index in [-0.39, 0.29) is 43.6 Å². The number of carbonyl (C=O) groups is 2. The molecule has 0 saturated carbocycles. The molecule has 1 saturated heterocycles. The Morgan fingerprint density at radius 3 is 2.62 bits per heavy atom. The second-order valence-electron chi connectivity index (χ2n) is 6.06. The van der Waals surface area contributed by atoms with Crippen molar-refractivity contribution in [3.8, 4) is 5.75 Å². The number of hydrogen-bond acceptors (Lipinski definition) is 4. The van der Waals surface area contributed by atoms with Gasteiger partial charge in [0.05, 0.1) is 19.8 Å². The molecule has 1 heterocycles. The summed E-state index contributed by atoms with van der Waals surface area (Å²) in [5.74, 6) is 0.704. The second kappa shape index (κ2) is 8.01. The standard InChI is InChI=1S/C17H25N3O4/c1-12(2)19(8-9-21)17(23)18-13-10-16(22)20(11-13)14-4-6-15(24-3)7-5-14/h4-7,12-13,21H,8-11H2,1-3H3,(H,18,23)/t13-/m0/s1. The monoisotopic (exact) mass is 335 g/mol. The van der Waals surface area contributed by atoms with E-state index in [0.29, 0.717) is 6.54 Å². The lowest BCUT2D eigenvalue weighted by Crippen LogP contribution is -2.49. The molecule has 0 radical (unpaired) electrons. The van der Waals surface area contributed by atoms with Crippen molar-refractivity contribution >= 4 is 17.6 Å². The van der Waals surface area contributed by atoms with E-state index in [4.69, 9.17) is 9.84 Å². The highest BCUT2D eigenvalue weighted by molar-refractivity contribution is 5.96. The van der Waals surface area contributed by atoms with Gasteiger partial charge in [-0.15, -0.1) is 0 Å². The molecule has 7 nitrogen and oxygen atoms in total. The van der Waals surface area contributed by atoms with E-state index in [1.807, 2.05) is 26.0 Å². The minimum atomic E-state index is -0.256. The van der Waals surface area contributed by atoms with Gasteiger partial charge in [-0.25, -0.2) is 4.79 Å². The van der Waals surface area contributed by atoms with Gasteiger partial charge in [0.15, 0.2) is 0 Å². The molecule has 1 aliphatic heterocycles. The fourth-order valence-electron chi connectivity index (χ4n) is 2.78. The molecule has 1 aromatic rings. The Bertz CT molecular complexity index is 574. The van der Waals surface area contributed by atoms with Crippen molar-refractivity contribution < 1.29 is 19.4 Å². The molecule has 0 unspecified atom stereocenters. The fourth-order valence-corrected chi connectivity index (χ4v) is 2.78. The van der Waals surface area contributed by atoms with Crippen LogP contribution in [0.15, 0.2) is 24.3 Å². The average Bonchev–Trinajstić information content (AvgIpc) is 2.92. The Labute approximate surface area is 142 Å². The highest BCUT2D eigenvalue weighted by atomic mass is 16.5. The molecule has 0 spiro atoms. The molecular weight excluding hydrogens is 310 g/mol. The molecule has 3 amide bonds. The number of ether oxygens (including phenoxy) is 1. The second-order valence-corrected chi connectivity index (χ2v) is 6.06. The minimum Gasteiger partial charge on any atom is -0.497 e. The maximum atomic E-state index is 12.3. The van der Waals surface area contributed by atoms with Gasteiger partial charge in [-0.2, -0.15) is 0 Å². The molecule has 2 rings (SSSR count). The summed E-state index contributed by atoms with van der Waals surface area (Å²) in [5, 5.41) is 12.0. The van der Waals surface area contributed by atoms with Gasteiger partial charge in [-0.3, -0.25) is 4.79 Å². The normalized spacial score (nSPS) is 17.3. The smallest absolute Gasteiger partial charge is 0.318 e.